The molecular weight excluding hydrogens is 314 g/mol. The van der Waals surface area contributed by atoms with Crippen LogP contribution in [0.1, 0.15) is 43.6 Å². The van der Waals surface area contributed by atoms with E-state index in [-0.39, 0.29) is 5.91 Å². The second kappa shape index (κ2) is 8.19. The monoisotopic (exact) mass is 341 g/mol. The molecule has 5 heteroatoms. The number of rotatable bonds is 6. The van der Waals surface area contributed by atoms with Gasteiger partial charge in [-0.2, -0.15) is 0 Å². The standard InChI is InChI=1S/C20H27N3O2/c1-3-19-21-12-14-23(19)17-8-6-13-22(15-17)20(24)11-10-16-7-4-5-9-18(16)25-2/h4-5,7,9,12,14,17H,3,6,8,10-11,13,15H2,1-2H3/t17-/m1/s1. The lowest BCUT2D eigenvalue weighted by atomic mass is 10.0. The summed E-state index contributed by atoms with van der Waals surface area (Å²) in [6.07, 6.45) is 8.23. The van der Waals surface area contributed by atoms with E-state index in [4.69, 9.17) is 4.74 Å². The van der Waals surface area contributed by atoms with Crippen LogP contribution < -0.4 is 4.74 Å². The third-order valence-corrected chi connectivity index (χ3v) is 5.01. The molecule has 0 saturated carbocycles. The Bertz CT molecular complexity index is 710. The summed E-state index contributed by atoms with van der Waals surface area (Å²) in [5.74, 6) is 2.19. The number of amides is 1. The third-order valence-electron chi connectivity index (χ3n) is 5.01. The highest BCUT2D eigenvalue weighted by molar-refractivity contribution is 5.76. The molecule has 1 aromatic heterocycles. The molecule has 0 bridgehead atoms. The van der Waals surface area contributed by atoms with Crippen molar-refractivity contribution in [2.45, 2.75) is 45.1 Å². The number of aromatic nitrogens is 2. The highest BCUT2D eigenvalue weighted by Gasteiger charge is 2.25. The van der Waals surface area contributed by atoms with Crippen LogP contribution >= 0.6 is 0 Å². The van der Waals surface area contributed by atoms with Crippen molar-refractivity contribution >= 4 is 5.91 Å². The van der Waals surface area contributed by atoms with Gasteiger partial charge in [-0.1, -0.05) is 25.1 Å². The molecule has 2 aromatic rings. The Morgan fingerprint density at radius 2 is 2.20 bits per heavy atom. The van der Waals surface area contributed by atoms with Crippen molar-refractivity contribution < 1.29 is 9.53 Å². The summed E-state index contributed by atoms with van der Waals surface area (Å²) in [6.45, 7) is 3.77. The van der Waals surface area contributed by atoms with E-state index in [1.165, 1.54) is 0 Å². The maximum absolute atomic E-state index is 12.7. The van der Waals surface area contributed by atoms with Crippen molar-refractivity contribution in [2.24, 2.45) is 0 Å². The normalized spacial score (nSPS) is 17.5. The molecule has 1 atom stereocenters. The molecule has 1 aliphatic rings. The Hall–Kier alpha value is -2.30. The number of para-hydroxylation sites is 1. The van der Waals surface area contributed by atoms with Crippen molar-refractivity contribution in [3.63, 3.8) is 0 Å². The fraction of sp³-hybridized carbons (Fsp3) is 0.500. The predicted octanol–water partition coefficient (Wildman–Crippen LogP) is 3.25. The van der Waals surface area contributed by atoms with Crippen molar-refractivity contribution in [1.29, 1.82) is 0 Å². The zero-order chi connectivity index (χ0) is 17.6. The van der Waals surface area contributed by atoms with Crippen LogP contribution in [0.25, 0.3) is 0 Å². The number of benzene rings is 1. The molecule has 3 rings (SSSR count). The number of hydrogen-bond donors (Lipinski definition) is 0. The molecule has 1 aliphatic heterocycles. The van der Waals surface area contributed by atoms with Gasteiger partial charge in [-0.3, -0.25) is 4.79 Å². The Balaban J connectivity index is 1.60. The van der Waals surface area contributed by atoms with Crippen LogP contribution in [0.2, 0.25) is 0 Å². The van der Waals surface area contributed by atoms with Crippen LogP contribution in [-0.2, 0) is 17.6 Å². The minimum absolute atomic E-state index is 0.230. The summed E-state index contributed by atoms with van der Waals surface area (Å²) < 4.78 is 7.63. The van der Waals surface area contributed by atoms with Crippen LogP contribution in [0.4, 0.5) is 0 Å². The van der Waals surface area contributed by atoms with E-state index in [0.29, 0.717) is 12.5 Å². The van der Waals surface area contributed by atoms with E-state index in [1.807, 2.05) is 41.6 Å². The zero-order valence-corrected chi connectivity index (χ0v) is 15.1. The molecule has 1 aromatic carbocycles. The SMILES string of the molecule is CCc1nccn1[C@@H]1CCCN(C(=O)CCc2ccccc2OC)C1. The minimum atomic E-state index is 0.230. The quantitative estimate of drug-likeness (QED) is 0.810. The van der Waals surface area contributed by atoms with E-state index in [0.717, 1.165) is 55.9 Å². The van der Waals surface area contributed by atoms with Crippen LogP contribution in [-0.4, -0.2) is 40.6 Å². The van der Waals surface area contributed by atoms with Gasteiger partial charge in [-0.15, -0.1) is 0 Å². The van der Waals surface area contributed by atoms with E-state index in [2.05, 4.69) is 16.5 Å². The van der Waals surface area contributed by atoms with Gasteiger partial charge in [0, 0.05) is 38.3 Å². The van der Waals surface area contributed by atoms with Crippen LogP contribution in [0, 0.1) is 0 Å². The van der Waals surface area contributed by atoms with Gasteiger partial charge in [0.1, 0.15) is 11.6 Å². The molecule has 0 spiro atoms. The summed E-state index contributed by atoms with van der Waals surface area (Å²) >= 11 is 0. The van der Waals surface area contributed by atoms with Gasteiger partial charge in [0.15, 0.2) is 0 Å². The number of likely N-dealkylation sites (tertiary alicyclic amines) is 1. The number of hydrogen-bond acceptors (Lipinski definition) is 3. The number of aryl methyl sites for hydroxylation is 2. The summed E-state index contributed by atoms with van der Waals surface area (Å²) in [5, 5.41) is 0. The summed E-state index contributed by atoms with van der Waals surface area (Å²) in [6, 6.07) is 8.27. The third kappa shape index (κ3) is 4.03. The maximum atomic E-state index is 12.7. The van der Waals surface area contributed by atoms with Crippen molar-refractivity contribution in [1.82, 2.24) is 14.5 Å². The molecule has 5 nitrogen and oxygen atoms in total. The number of imidazole rings is 1. The summed E-state index contributed by atoms with van der Waals surface area (Å²) in [4.78, 5) is 19.1. The number of methoxy groups -OCH3 is 1. The molecule has 0 unspecified atom stereocenters. The highest BCUT2D eigenvalue weighted by Crippen LogP contribution is 2.24. The number of carbonyl (C=O) groups excluding carboxylic acids is 1. The topological polar surface area (TPSA) is 47.4 Å². The average molecular weight is 341 g/mol. The molecule has 0 radical (unpaired) electrons. The molecule has 2 heterocycles. The first kappa shape index (κ1) is 17.5. The van der Waals surface area contributed by atoms with Gasteiger partial charge in [0.2, 0.25) is 5.91 Å². The number of nitrogens with zero attached hydrogens (tertiary/aromatic N) is 3. The first-order chi connectivity index (χ1) is 12.2. The van der Waals surface area contributed by atoms with Gasteiger partial charge in [-0.25, -0.2) is 4.98 Å². The van der Waals surface area contributed by atoms with Crippen LogP contribution in [0.5, 0.6) is 5.75 Å². The first-order valence-electron chi connectivity index (χ1n) is 9.14. The van der Waals surface area contributed by atoms with Gasteiger partial charge in [-0.05, 0) is 30.9 Å². The van der Waals surface area contributed by atoms with Gasteiger partial charge in [0.05, 0.1) is 13.2 Å². The molecule has 134 valence electrons. The summed E-state index contributed by atoms with van der Waals surface area (Å²) in [7, 11) is 1.67. The lowest BCUT2D eigenvalue weighted by Gasteiger charge is -2.34. The maximum Gasteiger partial charge on any atom is 0.222 e. The van der Waals surface area contributed by atoms with E-state index in [9.17, 15) is 4.79 Å². The molecule has 1 saturated heterocycles. The highest BCUT2D eigenvalue weighted by atomic mass is 16.5. The van der Waals surface area contributed by atoms with Gasteiger partial charge in [0.25, 0.3) is 0 Å². The number of ether oxygens (including phenoxy) is 1. The number of carbonyl (C=O) groups is 1. The van der Waals surface area contributed by atoms with E-state index < -0.39 is 0 Å². The second-order valence-corrected chi connectivity index (χ2v) is 6.55. The molecule has 0 N–H and O–H groups in total. The Labute approximate surface area is 149 Å². The van der Waals surface area contributed by atoms with Crippen molar-refractivity contribution in [2.75, 3.05) is 20.2 Å². The fourth-order valence-electron chi connectivity index (χ4n) is 3.67. The largest absolute Gasteiger partial charge is 0.496 e. The Kier molecular flexibility index (Phi) is 5.74. The van der Waals surface area contributed by atoms with Gasteiger partial charge < -0.3 is 14.2 Å². The Morgan fingerprint density at radius 1 is 1.36 bits per heavy atom. The van der Waals surface area contributed by atoms with Crippen molar-refractivity contribution in [3.05, 3.63) is 48.0 Å². The predicted molar refractivity (Wildman–Crippen MR) is 97.8 cm³/mol. The minimum Gasteiger partial charge on any atom is -0.496 e. The van der Waals surface area contributed by atoms with Gasteiger partial charge >= 0.3 is 0 Å². The second-order valence-electron chi connectivity index (χ2n) is 6.55. The van der Waals surface area contributed by atoms with Crippen LogP contribution in [0.3, 0.4) is 0 Å². The van der Waals surface area contributed by atoms with Crippen molar-refractivity contribution in [3.8, 4) is 5.75 Å². The molecule has 1 fully saturated rings. The fourth-order valence-corrected chi connectivity index (χ4v) is 3.67. The lowest BCUT2D eigenvalue weighted by molar-refractivity contribution is -0.132. The Morgan fingerprint density at radius 3 is 3.00 bits per heavy atom. The molecule has 1 amide bonds. The zero-order valence-electron chi connectivity index (χ0n) is 15.1. The lowest BCUT2D eigenvalue weighted by Crippen LogP contribution is -2.41. The average Bonchev–Trinajstić information content (AvgIpc) is 3.15. The van der Waals surface area contributed by atoms with Crippen LogP contribution in [0.15, 0.2) is 36.7 Å². The smallest absolute Gasteiger partial charge is 0.222 e. The molecular formula is C20H27N3O2. The van der Waals surface area contributed by atoms with E-state index in [1.54, 1.807) is 7.11 Å². The summed E-state index contributed by atoms with van der Waals surface area (Å²) in [5.41, 5.74) is 1.09. The molecule has 0 aliphatic carbocycles. The van der Waals surface area contributed by atoms with E-state index >= 15 is 0 Å². The first-order valence-corrected chi connectivity index (χ1v) is 9.14. The number of piperidine rings is 1. The molecule has 25 heavy (non-hydrogen) atoms.